The second kappa shape index (κ2) is 15.3. The highest BCUT2D eigenvalue weighted by atomic mass is 16.2. The second-order valence-corrected chi connectivity index (χ2v) is 17.1. The molecule has 1 aromatic heterocycles. The van der Waals surface area contributed by atoms with Crippen molar-refractivity contribution >= 4 is 52.8 Å². The number of piperidine rings is 4. The van der Waals surface area contributed by atoms with Gasteiger partial charge in [-0.15, -0.1) is 0 Å². The number of fused-ring (bicyclic) bond motifs is 1. The number of nitrogens with one attached hydrogen (secondary N) is 1. The molecule has 7 amide bonds. The highest BCUT2D eigenvalue weighted by Crippen LogP contribution is 2.43. The molecule has 1 unspecified atom stereocenters. The summed E-state index contributed by atoms with van der Waals surface area (Å²) in [5.41, 5.74) is 10.2. The maximum Gasteiger partial charge on any atom is 0.320 e. The summed E-state index contributed by atoms with van der Waals surface area (Å²) >= 11 is 0. The third-order valence-electron chi connectivity index (χ3n) is 13.4. The van der Waals surface area contributed by atoms with Crippen molar-refractivity contribution in [3.8, 4) is 0 Å². The van der Waals surface area contributed by atoms with Gasteiger partial charge in [-0.05, 0) is 86.3 Å². The lowest BCUT2D eigenvalue weighted by molar-refractivity contribution is -0.136. The number of amides is 7. The van der Waals surface area contributed by atoms with Crippen molar-refractivity contribution in [1.82, 2.24) is 30.0 Å². The molecule has 7 heterocycles. The quantitative estimate of drug-likeness (QED) is 0.319. The Morgan fingerprint density at radius 3 is 2.31 bits per heavy atom. The van der Waals surface area contributed by atoms with E-state index in [4.69, 9.17) is 10.7 Å². The number of hydrogen-bond donors (Lipinski definition) is 2. The fourth-order valence-electron chi connectivity index (χ4n) is 10.1. The smallest absolute Gasteiger partial charge is 0.320 e. The van der Waals surface area contributed by atoms with Gasteiger partial charge in [-0.1, -0.05) is 12.1 Å². The molecule has 16 heteroatoms. The number of rotatable bonds is 8. The van der Waals surface area contributed by atoms with Gasteiger partial charge in [-0.3, -0.25) is 34.2 Å². The lowest BCUT2D eigenvalue weighted by atomic mass is 9.72. The average Bonchev–Trinajstić information content (AvgIpc) is 3.70. The summed E-state index contributed by atoms with van der Waals surface area (Å²) in [7, 11) is 1.83. The van der Waals surface area contributed by atoms with E-state index in [1.165, 1.54) is 0 Å². The first kappa shape index (κ1) is 38.5. The summed E-state index contributed by atoms with van der Waals surface area (Å²) in [4.78, 5) is 97.2. The molecule has 9 rings (SSSR count). The molecule has 3 aromatic rings. The van der Waals surface area contributed by atoms with Crippen LogP contribution in [0.5, 0.6) is 0 Å². The summed E-state index contributed by atoms with van der Waals surface area (Å²) in [6.07, 6.45) is 8.28. The summed E-state index contributed by atoms with van der Waals surface area (Å²) in [5.74, 6) is -1.91. The lowest BCUT2D eigenvalue weighted by Gasteiger charge is -2.49. The number of nitrogens with zero attached hydrogens (tertiary/aromatic N) is 8. The van der Waals surface area contributed by atoms with Crippen molar-refractivity contribution in [2.75, 3.05) is 74.1 Å². The first-order valence-electron chi connectivity index (χ1n) is 20.8. The predicted molar refractivity (Wildman–Crippen MR) is 218 cm³/mol. The van der Waals surface area contributed by atoms with Crippen molar-refractivity contribution in [2.45, 2.75) is 69.9 Å². The number of nitrogens with two attached hydrogens (primary N) is 1. The fraction of sp³-hybridized carbons (Fsp3) is 0.488. The number of aromatic nitrogens is 2. The van der Waals surface area contributed by atoms with E-state index in [0.717, 1.165) is 106 Å². The molecule has 0 radical (unpaired) electrons. The van der Waals surface area contributed by atoms with Crippen LogP contribution >= 0.6 is 0 Å². The molecule has 6 aliphatic rings. The third-order valence-corrected chi connectivity index (χ3v) is 13.4. The molecule has 0 saturated carbocycles. The molecule has 16 nitrogen and oxygen atoms in total. The molecule has 3 N–H and O–H groups in total. The van der Waals surface area contributed by atoms with Gasteiger partial charge in [-0.25, -0.2) is 14.8 Å². The zero-order valence-electron chi connectivity index (χ0n) is 33.4. The number of likely N-dealkylation sites (N-methyl/N-ethyl adjacent to an activating group) is 1. The Morgan fingerprint density at radius 2 is 1.58 bits per heavy atom. The largest absolute Gasteiger partial charge is 0.371 e. The molecule has 0 aliphatic carbocycles. The first-order valence-corrected chi connectivity index (χ1v) is 20.8. The molecule has 6 aliphatic heterocycles. The minimum atomic E-state index is -0.986. The van der Waals surface area contributed by atoms with Gasteiger partial charge in [0.25, 0.3) is 17.7 Å². The van der Waals surface area contributed by atoms with Gasteiger partial charge in [0, 0.05) is 83.6 Å². The van der Waals surface area contributed by atoms with Gasteiger partial charge in [0.05, 0.1) is 29.1 Å². The maximum atomic E-state index is 13.5. The number of carbonyl (C=O) groups excluding carboxylic acids is 6. The van der Waals surface area contributed by atoms with Crippen LogP contribution in [0, 0.1) is 5.41 Å². The summed E-state index contributed by atoms with van der Waals surface area (Å²) in [6.45, 7) is 6.43. The van der Waals surface area contributed by atoms with E-state index in [2.05, 4.69) is 49.3 Å². The Hall–Kier alpha value is -6.06. The Labute approximate surface area is 342 Å². The Morgan fingerprint density at radius 1 is 0.831 bits per heavy atom. The molecular formula is C43H50N10O6. The second-order valence-electron chi connectivity index (χ2n) is 17.1. The van der Waals surface area contributed by atoms with Crippen LogP contribution in [0.2, 0.25) is 0 Å². The summed E-state index contributed by atoms with van der Waals surface area (Å²) < 4.78 is 0. The van der Waals surface area contributed by atoms with E-state index in [9.17, 15) is 28.8 Å². The molecular weight excluding hydrogens is 753 g/mol. The Bertz CT molecular complexity index is 2220. The molecule has 0 bridgehead atoms. The highest BCUT2D eigenvalue weighted by molar-refractivity contribution is 6.23. The summed E-state index contributed by atoms with van der Waals surface area (Å²) in [6, 6.07) is 13.0. The van der Waals surface area contributed by atoms with Crippen LogP contribution in [-0.2, 0) is 16.0 Å². The number of imide groups is 2. The third kappa shape index (κ3) is 7.22. The van der Waals surface area contributed by atoms with Crippen LogP contribution in [0.3, 0.4) is 0 Å². The standard InChI is InChI=1S/C43H50N10O6/c1-48-20-21-52(42(48)59)30-4-2-16-50(25-30)35-24-45-37(38(44)55)33(46-35)22-27-5-7-28(8-6-27)49-18-14-43(15-19-49)13-3-17-51(26-43)29-9-10-31-32(23-29)41(58)53(40(31)57)34-11-12-36(54)47-39(34)56/h5-10,23-24,30,34H,2-4,11-22,25-26H2,1H3,(H2,44,55)(H,47,54,56)/t30-,34?/m1/s1. The van der Waals surface area contributed by atoms with Gasteiger partial charge in [0.1, 0.15) is 17.6 Å². The molecule has 308 valence electrons. The van der Waals surface area contributed by atoms with Gasteiger partial charge in [0.2, 0.25) is 11.8 Å². The van der Waals surface area contributed by atoms with Crippen LogP contribution in [0.4, 0.5) is 22.0 Å². The number of primary amides is 1. The average molecular weight is 803 g/mol. The van der Waals surface area contributed by atoms with Crippen molar-refractivity contribution in [3.05, 3.63) is 76.7 Å². The van der Waals surface area contributed by atoms with Crippen molar-refractivity contribution in [2.24, 2.45) is 11.1 Å². The minimum Gasteiger partial charge on any atom is -0.371 e. The minimum absolute atomic E-state index is 0.0654. The fourth-order valence-corrected chi connectivity index (χ4v) is 10.1. The van der Waals surface area contributed by atoms with Gasteiger partial charge in [-0.2, -0.15) is 0 Å². The predicted octanol–water partition coefficient (Wildman–Crippen LogP) is 2.79. The van der Waals surface area contributed by atoms with E-state index >= 15 is 0 Å². The van der Waals surface area contributed by atoms with Gasteiger partial charge in [0.15, 0.2) is 0 Å². The lowest BCUT2D eigenvalue weighted by Crippen LogP contribution is -2.54. The first-order chi connectivity index (χ1) is 28.5. The SMILES string of the molecule is CN1CCN([C@@H]2CCCN(c3cnc(C(N)=O)c(Cc4ccc(N5CCC6(CCCN(c7ccc8c(c7)C(=O)N(C7CCC(=O)NC7=O)C8=O)C6)CC5)cc4)n3)C2)C1=O. The number of hydrogen-bond acceptors (Lipinski definition) is 11. The van der Waals surface area contributed by atoms with Crippen LogP contribution in [0.25, 0.3) is 0 Å². The van der Waals surface area contributed by atoms with Crippen molar-refractivity contribution < 1.29 is 28.8 Å². The maximum absolute atomic E-state index is 13.5. The number of carbonyl (C=O) groups is 6. The van der Waals surface area contributed by atoms with Crippen molar-refractivity contribution in [3.63, 3.8) is 0 Å². The molecule has 5 fully saturated rings. The zero-order chi connectivity index (χ0) is 41.0. The van der Waals surface area contributed by atoms with Crippen LogP contribution in [0.15, 0.2) is 48.7 Å². The summed E-state index contributed by atoms with van der Waals surface area (Å²) in [5, 5.41) is 2.26. The Balaban J connectivity index is 0.830. The molecule has 59 heavy (non-hydrogen) atoms. The van der Waals surface area contributed by atoms with Crippen molar-refractivity contribution in [1.29, 1.82) is 0 Å². The monoisotopic (exact) mass is 802 g/mol. The number of anilines is 3. The van der Waals surface area contributed by atoms with E-state index in [1.807, 2.05) is 18.0 Å². The van der Waals surface area contributed by atoms with Crippen LogP contribution in [0.1, 0.15) is 93.8 Å². The highest BCUT2D eigenvalue weighted by Gasteiger charge is 2.45. The molecule has 2 aromatic carbocycles. The van der Waals surface area contributed by atoms with E-state index in [1.54, 1.807) is 23.2 Å². The van der Waals surface area contributed by atoms with E-state index in [-0.39, 0.29) is 36.0 Å². The zero-order valence-corrected chi connectivity index (χ0v) is 33.4. The number of urea groups is 1. The molecule has 2 atom stereocenters. The molecule has 5 saturated heterocycles. The van der Waals surface area contributed by atoms with Gasteiger partial charge >= 0.3 is 6.03 Å². The molecule has 1 spiro atoms. The van der Waals surface area contributed by atoms with Gasteiger partial charge < -0.3 is 30.2 Å². The normalized spacial score (nSPS) is 23.4. The van der Waals surface area contributed by atoms with E-state index in [0.29, 0.717) is 35.6 Å². The topological polar surface area (TPSA) is 186 Å². The Kier molecular flexibility index (Phi) is 9.96. The number of benzene rings is 2. The van der Waals surface area contributed by atoms with Crippen LogP contribution < -0.4 is 25.8 Å². The van der Waals surface area contributed by atoms with Crippen LogP contribution in [-0.4, -0.2) is 132 Å². The van der Waals surface area contributed by atoms with E-state index < -0.39 is 35.6 Å².